The van der Waals surface area contributed by atoms with Crippen LogP contribution in [-0.4, -0.2) is 31.8 Å². The lowest BCUT2D eigenvalue weighted by molar-refractivity contribution is -0.132. The number of carbonyl (C=O) groups excluding carboxylic acids is 1. The average Bonchev–Trinajstić information content (AvgIpc) is 3.00. The molecule has 0 amide bonds. The van der Waals surface area contributed by atoms with Gasteiger partial charge in [-0.25, -0.2) is 17.1 Å². The standard InChI is InChI=1S/C15H14FNO6S/c1-9(18)22-14-12(19)13(10-5-2-3-6-11(10)16)23-15(14)17-7-4-8-24(17,20)21/h2-3,5-6,19H,4,7-8H2,1H3. The van der Waals surface area contributed by atoms with Gasteiger partial charge >= 0.3 is 5.97 Å². The fraction of sp³-hybridized carbons (Fsp3) is 0.267. The van der Waals surface area contributed by atoms with E-state index in [1.807, 2.05) is 0 Å². The van der Waals surface area contributed by atoms with Crippen LogP contribution < -0.4 is 9.04 Å². The van der Waals surface area contributed by atoms with E-state index in [0.717, 1.165) is 17.3 Å². The van der Waals surface area contributed by atoms with Gasteiger partial charge in [-0.1, -0.05) is 12.1 Å². The molecular formula is C15H14FNO6S. The molecule has 2 aromatic rings. The number of benzene rings is 1. The van der Waals surface area contributed by atoms with E-state index in [0.29, 0.717) is 6.42 Å². The Morgan fingerprint density at radius 1 is 1.38 bits per heavy atom. The smallest absolute Gasteiger partial charge is 0.308 e. The molecule has 1 aliphatic heterocycles. The van der Waals surface area contributed by atoms with Crippen LogP contribution in [0.3, 0.4) is 0 Å². The number of esters is 1. The molecule has 1 aromatic carbocycles. The minimum atomic E-state index is -3.65. The van der Waals surface area contributed by atoms with Crippen molar-refractivity contribution in [3.8, 4) is 22.8 Å². The summed E-state index contributed by atoms with van der Waals surface area (Å²) in [5.41, 5.74) is -0.0775. The van der Waals surface area contributed by atoms with Gasteiger partial charge in [0.1, 0.15) is 5.82 Å². The summed E-state index contributed by atoms with van der Waals surface area (Å²) in [6.07, 6.45) is 0.359. The lowest BCUT2D eigenvalue weighted by Crippen LogP contribution is -2.25. The first kappa shape index (κ1) is 16.3. The molecule has 0 radical (unpaired) electrons. The highest BCUT2D eigenvalue weighted by Crippen LogP contribution is 2.49. The maximum Gasteiger partial charge on any atom is 0.308 e. The molecule has 7 nitrogen and oxygen atoms in total. The first-order chi connectivity index (χ1) is 11.3. The zero-order chi connectivity index (χ0) is 17.5. The van der Waals surface area contributed by atoms with E-state index in [4.69, 9.17) is 9.15 Å². The van der Waals surface area contributed by atoms with Gasteiger partial charge < -0.3 is 14.3 Å². The third-order valence-electron chi connectivity index (χ3n) is 3.51. The van der Waals surface area contributed by atoms with E-state index < -0.39 is 33.3 Å². The fourth-order valence-corrected chi connectivity index (χ4v) is 3.99. The molecule has 0 unspecified atom stereocenters. The van der Waals surface area contributed by atoms with Crippen molar-refractivity contribution >= 4 is 21.9 Å². The SMILES string of the molecule is CC(=O)Oc1c(N2CCCS2(=O)=O)oc(-c2ccccc2F)c1O. The Balaban J connectivity index is 2.20. The lowest BCUT2D eigenvalue weighted by atomic mass is 10.1. The van der Waals surface area contributed by atoms with Crippen molar-refractivity contribution in [1.29, 1.82) is 0 Å². The van der Waals surface area contributed by atoms with Crippen LogP contribution in [0.5, 0.6) is 11.5 Å². The predicted octanol–water partition coefficient (Wildman–Crippen LogP) is 2.26. The van der Waals surface area contributed by atoms with E-state index in [9.17, 15) is 22.7 Å². The largest absolute Gasteiger partial charge is 0.502 e. The van der Waals surface area contributed by atoms with Crippen molar-refractivity contribution in [2.75, 3.05) is 16.6 Å². The number of aromatic hydroxyl groups is 1. The van der Waals surface area contributed by atoms with Crippen LogP contribution in [0.15, 0.2) is 28.7 Å². The number of ether oxygens (including phenoxy) is 1. The molecule has 1 saturated heterocycles. The highest BCUT2D eigenvalue weighted by Gasteiger charge is 2.37. The summed E-state index contributed by atoms with van der Waals surface area (Å²) in [7, 11) is -3.65. The van der Waals surface area contributed by atoms with Gasteiger partial charge in [-0.3, -0.25) is 4.79 Å². The molecule has 128 valence electrons. The molecule has 0 bridgehead atoms. The van der Waals surface area contributed by atoms with Gasteiger partial charge in [0.2, 0.25) is 21.5 Å². The van der Waals surface area contributed by atoms with Crippen molar-refractivity contribution in [1.82, 2.24) is 0 Å². The van der Waals surface area contributed by atoms with Gasteiger partial charge in [0.15, 0.2) is 5.76 Å². The van der Waals surface area contributed by atoms with E-state index in [1.54, 1.807) is 0 Å². The van der Waals surface area contributed by atoms with Gasteiger partial charge in [0.25, 0.3) is 5.88 Å². The number of halogens is 1. The minimum Gasteiger partial charge on any atom is -0.502 e. The van der Waals surface area contributed by atoms with Crippen molar-refractivity contribution in [3.63, 3.8) is 0 Å². The maximum absolute atomic E-state index is 14.0. The molecule has 1 aliphatic rings. The lowest BCUT2D eigenvalue weighted by Gasteiger charge is -2.14. The normalized spacial score (nSPS) is 16.3. The van der Waals surface area contributed by atoms with Gasteiger partial charge in [-0.15, -0.1) is 0 Å². The monoisotopic (exact) mass is 355 g/mol. The van der Waals surface area contributed by atoms with E-state index in [1.165, 1.54) is 18.2 Å². The van der Waals surface area contributed by atoms with Crippen molar-refractivity contribution in [2.45, 2.75) is 13.3 Å². The van der Waals surface area contributed by atoms with Gasteiger partial charge in [0, 0.05) is 13.5 Å². The second-order valence-electron chi connectivity index (χ2n) is 5.23. The molecule has 24 heavy (non-hydrogen) atoms. The van der Waals surface area contributed by atoms with E-state index >= 15 is 0 Å². The van der Waals surface area contributed by atoms with E-state index in [2.05, 4.69) is 0 Å². The predicted molar refractivity (Wildman–Crippen MR) is 82.8 cm³/mol. The first-order valence-electron chi connectivity index (χ1n) is 7.10. The summed E-state index contributed by atoms with van der Waals surface area (Å²) in [4.78, 5) is 11.3. The van der Waals surface area contributed by atoms with Crippen molar-refractivity contribution in [3.05, 3.63) is 30.1 Å². The summed E-state index contributed by atoms with van der Waals surface area (Å²) in [6, 6.07) is 5.50. The molecule has 2 heterocycles. The molecular weight excluding hydrogens is 341 g/mol. The topological polar surface area (TPSA) is 97.0 Å². The fourth-order valence-electron chi connectivity index (χ4n) is 2.49. The number of anilines is 1. The van der Waals surface area contributed by atoms with Crippen LogP contribution in [0.2, 0.25) is 0 Å². The summed E-state index contributed by atoms with van der Waals surface area (Å²) < 4.78 is 49.4. The Morgan fingerprint density at radius 3 is 2.67 bits per heavy atom. The number of carbonyl (C=O) groups is 1. The molecule has 0 saturated carbocycles. The summed E-state index contributed by atoms with van der Waals surface area (Å²) in [6.45, 7) is 1.21. The molecule has 0 aliphatic carbocycles. The minimum absolute atomic E-state index is 0.0775. The molecule has 1 fully saturated rings. The number of hydrogen-bond donors (Lipinski definition) is 1. The number of nitrogens with zero attached hydrogens (tertiary/aromatic N) is 1. The van der Waals surface area contributed by atoms with Crippen LogP contribution in [-0.2, 0) is 14.8 Å². The Hall–Kier alpha value is -2.55. The summed E-state index contributed by atoms with van der Waals surface area (Å²) in [5.74, 6) is -3.25. The van der Waals surface area contributed by atoms with Crippen molar-refractivity contribution < 1.29 is 31.9 Å². The molecule has 1 aromatic heterocycles. The third kappa shape index (κ3) is 2.71. The van der Waals surface area contributed by atoms with Gasteiger partial charge in [-0.2, -0.15) is 0 Å². The Morgan fingerprint density at radius 2 is 2.08 bits per heavy atom. The van der Waals surface area contributed by atoms with Crippen LogP contribution in [0.1, 0.15) is 13.3 Å². The third-order valence-corrected chi connectivity index (χ3v) is 5.34. The molecule has 9 heteroatoms. The molecule has 3 rings (SSSR count). The number of sulfonamides is 1. The molecule has 0 spiro atoms. The summed E-state index contributed by atoms with van der Waals surface area (Å²) >= 11 is 0. The first-order valence-corrected chi connectivity index (χ1v) is 8.71. The zero-order valence-corrected chi connectivity index (χ0v) is 13.5. The molecule has 1 N–H and O–H groups in total. The van der Waals surface area contributed by atoms with Gasteiger partial charge in [-0.05, 0) is 18.6 Å². The number of hydrogen-bond acceptors (Lipinski definition) is 6. The Labute approximate surface area is 137 Å². The van der Waals surface area contributed by atoms with Crippen LogP contribution in [0, 0.1) is 5.82 Å². The van der Waals surface area contributed by atoms with Crippen LogP contribution >= 0.6 is 0 Å². The Kier molecular flexibility index (Phi) is 3.96. The quantitative estimate of drug-likeness (QED) is 0.848. The number of rotatable bonds is 3. The maximum atomic E-state index is 14.0. The van der Waals surface area contributed by atoms with Crippen LogP contribution in [0.4, 0.5) is 10.3 Å². The highest BCUT2D eigenvalue weighted by atomic mass is 32.2. The van der Waals surface area contributed by atoms with Crippen molar-refractivity contribution in [2.24, 2.45) is 0 Å². The average molecular weight is 355 g/mol. The molecule has 0 atom stereocenters. The summed E-state index contributed by atoms with van der Waals surface area (Å²) in [5, 5.41) is 10.3. The second kappa shape index (κ2) is 5.82. The highest BCUT2D eigenvalue weighted by molar-refractivity contribution is 7.93. The van der Waals surface area contributed by atoms with Crippen LogP contribution in [0.25, 0.3) is 11.3 Å². The second-order valence-corrected chi connectivity index (χ2v) is 7.24. The number of furan rings is 1. The van der Waals surface area contributed by atoms with E-state index in [-0.39, 0.29) is 29.5 Å². The Bertz CT molecular complexity index is 905. The van der Waals surface area contributed by atoms with Gasteiger partial charge in [0.05, 0.1) is 11.3 Å². The zero-order valence-electron chi connectivity index (χ0n) is 12.7.